The SMILES string of the molecule is O=C(c1cnn2c(-c3ccc(F)cc3)ccnc12)N1CCN(C/C=C/c2ccccc2)CC1. The average molecular weight is 442 g/mol. The van der Waals surface area contributed by atoms with Gasteiger partial charge in [-0.3, -0.25) is 9.69 Å². The third kappa shape index (κ3) is 4.54. The van der Waals surface area contributed by atoms with E-state index in [1.165, 1.54) is 17.7 Å². The summed E-state index contributed by atoms with van der Waals surface area (Å²) in [6, 6.07) is 18.2. The largest absolute Gasteiger partial charge is 0.336 e. The number of aromatic nitrogens is 3. The highest BCUT2D eigenvalue weighted by Gasteiger charge is 2.25. The number of carbonyl (C=O) groups excluding carboxylic acids is 1. The fraction of sp³-hybridized carbons (Fsp3) is 0.192. The topological polar surface area (TPSA) is 53.7 Å². The quantitative estimate of drug-likeness (QED) is 0.470. The first-order valence-corrected chi connectivity index (χ1v) is 11.0. The molecule has 0 saturated carbocycles. The maximum atomic E-state index is 13.3. The van der Waals surface area contributed by atoms with Gasteiger partial charge in [0.05, 0.1) is 11.9 Å². The van der Waals surface area contributed by atoms with E-state index in [1.807, 2.05) is 29.2 Å². The third-order valence-electron chi connectivity index (χ3n) is 5.90. The predicted octanol–water partition coefficient (Wildman–Crippen LogP) is 4.01. The number of piperazine rings is 1. The van der Waals surface area contributed by atoms with Gasteiger partial charge in [0.1, 0.15) is 11.4 Å². The number of fused-ring (bicyclic) bond motifs is 1. The van der Waals surface area contributed by atoms with Crippen LogP contribution in [0.25, 0.3) is 23.0 Å². The molecule has 0 unspecified atom stereocenters. The lowest BCUT2D eigenvalue weighted by Crippen LogP contribution is -2.48. The number of carbonyl (C=O) groups is 1. The minimum atomic E-state index is -0.296. The molecular formula is C26H24FN5O. The molecule has 3 heterocycles. The Hall–Kier alpha value is -3.84. The highest BCUT2D eigenvalue weighted by molar-refractivity contribution is 6.00. The zero-order chi connectivity index (χ0) is 22.6. The van der Waals surface area contributed by atoms with Crippen LogP contribution in [0.5, 0.6) is 0 Å². The molecule has 2 aromatic heterocycles. The second-order valence-corrected chi connectivity index (χ2v) is 8.04. The van der Waals surface area contributed by atoms with Gasteiger partial charge < -0.3 is 4.90 Å². The molecule has 2 aromatic carbocycles. The van der Waals surface area contributed by atoms with Crippen LogP contribution in [0.2, 0.25) is 0 Å². The maximum Gasteiger partial charge on any atom is 0.259 e. The zero-order valence-electron chi connectivity index (χ0n) is 18.1. The van der Waals surface area contributed by atoms with Crippen LogP contribution in [0.3, 0.4) is 0 Å². The molecule has 5 rings (SSSR count). The lowest BCUT2D eigenvalue weighted by Gasteiger charge is -2.34. The van der Waals surface area contributed by atoms with E-state index in [-0.39, 0.29) is 11.7 Å². The van der Waals surface area contributed by atoms with E-state index in [2.05, 4.69) is 39.3 Å². The summed E-state index contributed by atoms with van der Waals surface area (Å²) in [6.45, 7) is 3.81. The molecule has 1 aliphatic rings. The van der Waals surface area contributed by atoms with Crippen molar-refractivity contribution < 1.29 is 9.18 Å². The minimum Gasteiger partial charge on any atom is -0.336 e. The van der Waals surface area contributed by atoms with Crippen LogP contribution < -0.4 is 0 Å². The van der Waals surface area contributed by atoms with Gasteiger partial charge in [0, 0.05) is 44.5 Å². The summed E-state index contributed by atoms with van der Waals surface area (Å²) in [5.74, 6) is -0.358. The Labute approximate surface area is 191 Å². The molecule has 4 aromatic rings. The normalized spacial score (nSPS) is 14.9. The van der Waals surface area contributed by atoms with E-state index in [1.54, 1.807) is 29.0 Å². The molecule has 0 bridgehead atoms. The van der Waals surface area contributed by atoms with Crippen LogP contribution >= 0.6 is 0 Å². The summed E-state index contributed by atoms with van der Waals surface area (Å²) in [4.78, 5) is 21.8. The monoisotopic (exact) mass is 441 g/mol. The lowest BCUT2D eigenvalue weighted by atomic mass is 10.1. The molecule has 7 heteroatoms. The Morgan fingerprint density at radius 3 is 2.48 bits per heavy atom. The van der Waals surface area contributed by atoms with Crippen LogP contribution in [0.4, 0.5) is 4.39 Å². The van der Waals surface area contributed by atoms with Gasteiger partial charge in [-0.25, -0.2) is 13.9 Å². The molecule has 0 N–H and O–H groups in total. The number of amides is 1. The van der Waals surface area contributed by atoms with Crippen LogP contribution in [0, 0.1) is 5.82 Å². The molecule has 1 aliphatic heterocycles. The molecule has 1 amide bonds. The van der Waals surface area contributed by atoms with E-state index in [9.17, 15) is 9.18 Å². The maximum absolute atomic E-state index is 13.3. The van der Waals surface area contributed by atoms with Gasteiger partial charge in [0.15, 0.2) is 5.65 Å². The fourth-order valence-corrected chi connectivity index (χ4v) is 4.09. The van der Waals surface area contributed by atoms with Crippen molar-refractivity contribution in [3.8, 4) is 11.3 Å². The highest BCUT2D eigenvalue weighted by atomic mass is 19.1. The Morgan fingerprint density at radius 2 is 1.73 bits per heavy atom. The summed E-state index contributed by atoms with van der Waals surface area (Å²) in [6.07, 6.45) is 7.52. The van der Waals surface area contributed by atoms with Crippen molar-refractivity contribution in [2.24, 2.45) is 0 Å². The highest BCUT2D eigenvalue weighted by Crippen LogP contribution is 2.22. The second-order valence-electron chi connectivity index (χ2n) is 8.04. The molecule has 0 aliphatic carbocycles. The van der Waals surface area contributed by atoms with Crippen molar-refractivity contribution in [1.82, 2.24) is 24.4 Å². The molecule has 0 radical (unpaired) electrons. The van der Waals surface area contributed by atoms with Gasteiger partial charge >= 0.3 is 0 Å². The molecule has 0 atom stereocenters. The Morgan fingerprint density at radius 1 is 0.970 bits per heavy atom. The Balaban J connectivity index is 1.26. The smallest absolute Gasteiger partial charge is 0.259 e. The standard InChI is InChI=1S/C26H24FN5O/c27-22-10-8-21(9-11-22)24-12-13-28-25-23(19-29-32(24)25)26(33)31-17-15-30(16-18-31)14-4-7-20-5-2-1-3-6-20/h1-13,19H,14-18H2/b7-4+. The molecule has 166 valence electrons. The summed E-state index contributed by atoms with van der Waals surface area (Å²) < 4.78 is 15.0. The first kappa shape index (κ1) is 21.0. The average Bonchev–Trinajstić information content (AvgIpc) is 3.30. The number of hydrogen-bond donors (Lipinski definition) is 0. The molecular weight excluding hydrogens is 417 g/mol. The van der Waals surface area contributed by atoms with Gasteiger partial charge in [-0.15, -0.1) is 0 Å². The summed E-state index contributed by atoms with van der Waals surface area (Å²) in [7, 11) is 0. The van der Waals surface area contributed by atoms with Crippen LogP contribution in [-0.4, -0.2) is 63.0 Å². The van der Waals surface area contributed by atoms with Gasteiger partial charge in [-0.05, 0) is 35.9 Å². The van der Waals surface area contributed by atoms with Crippen molar-refractivity contribution in [3.05, 3.63) is 96.1 Å². The van der Waals surface area contributed by atoms with Crippen LogP contribution in [0.15, 0.2) is 79.1 Å². The number of rotatable bonds is 5. The first-order valence-electron chi connectivity index (χ1n) is 11.0. The van der Waals surface area contributed by atoms with Crippen molar-refractivity contribution in [2.45, 2.75) is 0 Å². The minimum absolute atomic E-state index is 0.0618. The summed E-state index contributed by atoms with van der Waals surface area (Å²) in [5, 5.41) is 4.41. The van der Waals surface area contributed by atoms with E-state index in [4.69, 9.17) is 0 Å². The summed E-state index contributed by atoms with van der Waals surface area (Å²) in [5.41, 5.74) is 3.75. The van der Waals surface area contributed by atoms with Crippen molar-refractivity contribution in [1.29, 1.82) is 0 Å². The van der Waals surface area contributed by atoms with Gasteiger partial charge in [0.25, 0.3) is 5.91 Å². The molecule has 33 heavy (non-hydrogen) atoms. The number of halogens is 1. The Bertz CT molecular complexity index is 1280. The number of hydrogen-bond acceptors (Lipinski definition) is 4. The van der Waals surface area contributed by atoms with E-state index in [0.717, 1.165) is 30.9 Å². The van der Waals surface area contributed by atoms with E-state index < -0.39 is 0 Å². The predicted molar refractivity (Wildman–Crippen MR) is 126 cm³/mol. The van der Waals surface area contributed by atoms with Crippen molar-refractivity contribution in [2.75, 3.05) is 32.7 Å². The van der Waals surface area contributed by atoms with E-state index >= 15 is 0 Å². The van der Waals surface area contributed by atoms with Crippen molar-refractivity contribution >= 4 is 17.6 Å². The van der Waals surface area contributed by atoms with Gasteiger partial charge in [-0.2, -0.15) is 5.10 Å². The summed E-state index contributed by atoms with van der Waals surface area (Å²) >= 11 is 0. The first-order chi connectivity index (χ1) is 16.2. The third-order valence-corrected chi connectivity index (χ3v) is 5.90. The van der Waals surface area contributed by atoms with Crippen LogP contribution in [-0.2, 0) is 0 Å². The second kappa shape index (κ2) is 9.34. The van der Waals surface area contributed by atoms with Crippen LogP contribution in [0.1, 0.15) is 15.9 Å². The zero-order valence-corrected chi connectivity index (χ0v) is 18.1. The fourth-order valence-electron chi connectivity index (χ4n) is 4.09. The molecule has 1 saturated heterocycles. The molecule has 1 fully saturated rings. The molecule has 6 nitrogen and oxygen atoms in total. The molecule has 0 spiro atoms. The number of nitrogens with zero attached hydrogens (tertiary/aromatic N) is 5. The number of benzene rings is 2. The lowest BCUT2D eigenvalue weighted by molar-refractivity contribution is 0.0652. The van der Waals surface area contributed by atoms with Gasteiger partial charge in [0.2, 0.25) is 0 Å². The van der Waals surface area contributed by atoms with Gasteiger partial charge in [-0.1, -0.05) is 42.5 Å². The Kier molecular flexibility index (Phi) is 5.95. The van der Waals surface area contributed by atoms with E-state index in [0.29, 0.717) is 24.3 Å². The van der Waals surface area contributed by atoms with Crippen molar-refractivity contribution in [3.63, 3.8) is 0 Å².